The van der Waals surface area contributed by atoms with Gasteiger partial charge in [-0.2, -0.15) is 0 Å². The summed E-state index contributed by atoms with van der Waals surface area (Å²) in [5.74, 6) is -1.19. The number of anilines is 1. The monoisotopic (exact) mass is 406 g/mol. The minimum atomic E-state index is -3.87. The molecule has 28 heavy (non-hydrogen) atoms. The Labute approximate surface area is 166 Å². The zero-order valence-electron chi connectivity index (χ0n) is 16.9. The number of halogens is 1. The van der Waals surface area contributed by atoms with Crippen molar-refractivity contribution in [1.29, 1.82) is 0 Å². The van der Waals surface area contributed by atoms with E-state index in [1.165, 1.54) is 31.2 Å². The summed E-state index contributed by atoms with van der Waals surface area (Å²) in [5.41, 5.74) is 3.07. The Bertz CT molecular complexity index is 960. The molecule has 0 aliphatic rings. The molecule has 5 nitrogen and oxygen atoms in total. The number of carbonyl (C=O) groups is 1. The van der Waals surface area contributed by atoms with Crippen molar-refractivity contribution in [3.8, 4) is 0 Å². The number of benzene rings is 2. The van der Waals surface area contributed by atoms with E-state index in [1.54, 1.807) is 0 Å². The van der Waals surface area contributed by atoms with Gasteiger partial charge in [0, 0.05) is 0 Å². The van der Waals surface area contributed by atoms with E-state index in [0.717, 1.165) is 27.3 Å². The van der Waals surface area contributed by atoms with Gasteiger partial charge in [-0.3, -0.25) is 9.10 Å². The quantitative estimate of drug-likeness (QED) is 0.759. The molecule has 0 bridgehead atoms. The lowest BCUT2D eigenvalue weighted by Gasteiger charge is -2.30. The summed E-state index contributed by atoms with van der Waals surface area (Å²) in [4.78, 5) is 12.9. The highest BCUT2D eigenvalue weighted by Gasteiger charge is 2.31. The van der Waals surface area contributed by atoms with E-state index in [1.807, 2.05) is 39.0 Å². The molecule has 0 aromatic heterocycles. The van der Waals surface area contributed by atoms with Crippen molar-refractivity contribution in [3.05, 3.63) is 65.0 Å². The largest absolute Gasteiger partial charge is 0.347 e. The molecule has 0 unspecified atom stereocenters. The van der Waals surface area contributed by atoms with E-state index in [0.29, 0.717) is 6.42 Å². The topological polar surface area (TPSA) is 66.5 Å². The third kappa shape index (κ3) is 4.90. The van der Waals surface area contributed by atoms with Crippen LogP contribution in [-0.4, -0.2) is 26.6 Å². The van der Waals surface area contributed by atoms with E-state index in [4.69, 9.17) is 0 Å². The van der Waals surface area contributed by atoms with Crippen molar-refractivity contribution >= 4 is 21.6 Å². The van der Waals surface area contributed by atoms with Crippen LogP contribution >= 0.6 is 0 Å². The standard InChI is InChI=1S/C21H27FN2O3S/c1-6-19(17-12-11-14(2)15(3)13-17)23-21(25)16(4)24(28(5,26)27)20-10-8-7-9-18(20)22/h7-13,16,19H,6H2,1-5H3,(H,23,25)/t16-,19+/m0/s1. The van der Waals surface area contributed by atoms with Gasteiger partial charge in [-0.15, -0.1) is 0 Å². The molecule has 152 valence electrons. The number of nitrogens with zero attached hydrogens (tertiary/aromatic N) is 1. The SMILES string of the molecule is CC[C@@H](NC(=O)[C@H](C)N(c1ccccc1F)S(C)(=O)=O)c1ccc(C)c(C)c1. The van der Waals surface area contributed by atoms with Gasteiger partial charge in [-0.25, -0.2) is 12.8 Å². The van der Waals surface area contributed by atoms with Crippen molar-refractivity contribution in [2.45, 2.75) is 46.2 Å². The fourth-order valence-electron chi connectivity index (χ4n) is 3.11. The molecule has 0 aliphatic carbocycles. The molecule has 7 heteroatoms. The third-order valence-corrected chi connectivity index (χ3v) is 6.06. The fraction of sp³-hybridized carbons (Fsp3) is 0.381. The molecule has 0 saturated heterocycles. The van der Waals surface area contributed by atoms with Crippen LogP contribution in [0.25, 0.3) is 0 Å². The maximum atomic E-state index is 14.2. The van der Waals surface area contributed by atoms with Crippen LogP contribution < -0.4 is 9.62 Å². The van der Waals surface area contributed by atoms with Gasteiger partial charge >= 0.3 is 0 Å². The predicted molar refractivity (Wildman–Crippen MR) is 110 cm³/mol. The van der Waals surface area contributed by atoms with Crippen LogP contribution in [0.5, 0.6) is 0 Å². The van der Waals surface area contributed by atoms with Crippen molar-refractivity contribution in [3.63, 3.8) is 0 Å². The Balaban J connectivity index is 2.31. The Morgan fingerprint density at radius 1 is 1.14 bits per heavy atom. The van der Waals surface area contributed by atoms with Gasteiger partial charge in [-0.1, -0.05) is 37.3 Å². The first-order chi connectivity index (χ1) is 13.1. The van der Waals surface area contributed by atoms with Crippen molar-refractivity contribution in [2.75, 3.05) is 10.6 Å². The fourth-order valence-corrected chi connectivity index (χ4v) is 4.28. The molecule has 0 saturated carbocycles. The first-order valence-electron chi connectivity index (χ1n) is 9.17. The Kier molecular flexibility index (Phi) is 6.82. The second-order valence-corrected chi connectivity index (χ2v) is 8.86. The highest BCUT2D eigenvalue weighted by molar-refractivity contribution is 7.92. The molecule has 1 N–H and O–H groups in total. The summed E-state index contributed by atoms with van der Waals surface area (Å²) in [6.45, 7) is 7.41. The van der Waals surface area contributed by atoms with Crippen LogP contribution in [-0.2, 0) is 14.8 Å². The molecule has 2 rings (SSSR count). The van der Waals surface area contributed by atoms with Gasteiger partial charge in [0.15, 0.2) is 0 Å². The highest BCUT2D eigenvalue weighted by atomic mass is 32.2. The van der Waals surface area contributed by atoms with E-state index >= 15 is 0 Å². The molecular formula is C21H27FN2O3S. The summed E-state index contributed by atoms with van der Waals surface area (Å²) < 4.78 is 39.7. The first kappa shape index (κ1) is 21.9. The number of para-hydroxylation sites is 1. The third-order valence-electron chi connectivity index (χ3n) is 4.84. The molecule has 0 fully saturated rings. The highest BCUT2D eigenvalue weighted by Crippen LogP contribution is 2.25. The maximum Gasteiger partial charge on any atom is 0.244 e. The maximum absolute atomic E-state index is 14.2. The van der Waals surface area contributed by atoms with E-state index in [-0.39, 0.29) is 11.7 Å². The number of nitrogens with one attached hydrogen (secondary N) is 1. The predicted octanol–water partition coefficient (Wildman–Crippen LogP) is 3.86. The van der Waals surface area contributed by atoms with Crippen LogP contribution in [0, 0.1) is 19.7 Å². The first-order valence-corrected chi connectivity index (χ1v) is 11.0. The average Bonchev–Trinajstić information content (AvgIpc) is 2.62. The summed E-state index contributed by atoms with van der Waals surface area (Å²) in [6, 6.07) is 10.1. The van der Waals surface area contributed by atoms with Crippen molar-refractivity contribution < 1.29 is 17.6 Å². The summed E-state index contributed by atoms with van der Waals surface area (Å²) >= 11 is 0. The molecule has 2 aromatic rings. The van der Waals surface area contributed by atoms with Gasteiger partial charge in [0.25, 0.3) is 0 Å². The second kappa shape index (κ2) is 8.73. The molecule has 1 amide bonds. The number of aryl methyl sites for hydroxylation is 2. The molecule has 2 atom stereocenters. The molecule has 0 aliphatic heterocycles. The molecule has 0 spiro atoms. The molecule has 0 heterocycles. The lowest BCUT2D eigenvalue weighted by atomic mass is 9.99. The lowest BCUT2D eigenvalue weighted by molar-refractivity contribution is -0.122. The minimum Gasteiger partial charge on any atom is -0.347 e. The normalized spacial score (nSPS) is 13.6. The smallest absolute Gasteiger partial charge is 0.244 e. The summed E-state index contributed by atoms with van der Waals surface area (Å²) in [5, 5.41) is 2.90. The van der Waals surface area contributed by atoms with Crippen LogP contribution in [0.2, 0.25) is 0 Å². The van der Waals surface area contributed by atoms with Crippen molar-refractivity contribution in [2.24, 2.45) is 0 Å². The van der Waals surface area contributed by atoms with Gasteiger partial charge < -0.3 is 5.32 Å². The number of hydrogen-bond donors (Lipinski definition) is 1. The Hall–Kier alpha value is -2.41. The zero-order chi connectivity index (χ0) is 21.1. The summed E-state index contributed by atoms with van der Waals surface area (Å²) in [7, 11) is -3.87. The van der Waals surface area contributed by atoms with Crippen LogP contribution in [0.15, 0.2) is 42.5 Å². The van der Waals surface area contributed by atoms with Crippen LogP contribution in [0.4, 0.5) is 10.1 Å². The molecule has 2 aromatic carbocycles. The Morgan fingerprint density at radius 2 is 1.79 bits per heavy atom. The second-order valence-electron chi connectivity index (χ2n) is 7.00. The number of hydrogen-bond acceptors (Lipinski definition) is 3. The van der Waals surface area contributed by atoms with Crippen molar-refractivity contribution in [1.82, 2.24) is 5.32 Å². The zero-order valence-corrected chi connectivity index (χ0v) is 17.7. The molecular weight excluding hydrogens is 379 g/mol. The van der Waals surface area contributed by atoms with Gasteiger partial charge in [-0.05, 0) is 56.0 Å². The number of amides is 1. The number of rotatable bonds is 7. The van der Waals surface area contributed by atoms with Gasteiger partial charge in [0.1, 0.15) is 11.9 Å². The van der Waals surface area contributed by atoms with Crippen LogP contribution in [0.1, 0.15) is 43.0 Å². The number of carbonyl (C=O) groups excluding carboxylic acids is 1. The van der Waals surface area contributed by atoms with E-state index < -0.39 is 27.8 Å². The van der Waals surface area contributed by atoms with Crippen LogP contribution in [0.3, 0.4) is 0 Å². The number of sulfonamides is 1. The van der Waals surface area contributed by atoms with E-state index in [2.05, 4.69) is 5.32 Å². The molecule has 0 radical (unpaired) electrons. The van der Waals surface area contributed by atoms with Gasteiger partial charge in [0.05, 0.1) is 18.0 Å². The van der Waals surface area contributed by atoms with E-state index in [9.17, 15) is 17.6 Å². The lowest BCUT2D eigenvalue weighted by Crippen LogP contribution is -2.48. The summed E-state index contributed by atoms with van der Waals surface area (Å²) in [6.07, 6.45) is 1.60. The minimum absolute atomic E-state index is 0.146. The van der Waals surface area contributed by atoms with Gasteiger partial charge in [0.2, 0.25) is 15.9 Å². The Morgan fingerprint density at radius 3 is 2.32 bits per heavy atom. The average molecular weight is 407 g/mol.